The van der Waals surface area contributed by atoms with Gasteiger partial charge in [-0.3, -0.25) is 32.5 Å². The summed E-state index contributed by atoms with van der Waals surface area (Å²) in [5.41, 5.74) is 0. The van der Waals surface area contributed by atoms with Crippen LogP contribution in [0.25, 0.3) is 0 Å². The van der Waals surface area contributed by atoms with Crippen molar-refractivity contribution >= 4 is 33.6 Å². The van der Waals surface area contributed by atoms with Crippen molar-refractivity contribution in [3.63, 3.8) is 0 Å². The topological polar surface area (TPSA) is 231 Å². The number of ether oxygens (including phenoxy) is 3. The van der Waals surface area contributed by atoms with E-state index in [1.807, 2.05) is 0 Å². The van der Waals surface area contributed by atoms with Gasteiger partial charge >= 0.3 is 33.6 Å². The molecule has 0 saturated heterocycles. The number of carbonyl (C=O) groups is 3. The number of unbranched alkanes of at least 4 members (excludes halogenated alkanes) is 47. The molecule has 0 bridgehead atoms. The Kier molecular flexibility index (Phi) is 84.6. The molecule has 5 unspecified atom stereocenters. The lowest BCUT2D eigenvalue weighted by atomic mass is 10.0. The summed E-state index contributed by atoms with van der Waals surface area (Å²) in [6.07, 6.45) is 106. The van der Waals surface area contributed by atoms with Gasteiger partial charge in [0.25, 0.3) is 0 Å². The van der Waals surface area contributed by atoms with Crippen LogP contribution in [0.4, 0.5) is 0 Å². The molecule has 0 aliphatic carbocycles. The van der Waals surface area contributed by atoms with E-state index < -0.39 is 91.5 Å². The second kappa shape index (κ2) is 87.5. The molecule has 0 aliphatic heterocycles. The van der Waals surface area contributed by atoms with Gasteiger partial charge in [-0.15, -0.1) is 0 Å². The van der Waals surface area contributed by atoms with Crippen molar-refractivity contribution in [2.45, 2.75) is 437 Å². The maximum absolute atomic E-state index is 13.0. The van der Waals surface area contributed by atoms with Gasteiger partial charge in [-0.1, -0.05) is 374 Å². The van der Waals surface area contributed by atoms with Gasteiger partial charge in [0.2, 0.25) is 0 Å². The average Bonchev–Trinajstić information content (AvgIpc) is 0.903. The highest BCUT2D eigenvalue weighted by Gasteiger charge is 2.29. The van der Waals surface area contributed by atoms with Crippen LogP contribution in [-0.4, -0.2) is 95.9 Å². The average molecular weight is 1630 g/mol. The molecular formula is C95H170O16P2. The molecule has 5 atom stereocenters. The standard InChI is InChI=1S/C95H170O16P2/c1-4-7-10-13-16-19-22-25-28-30-32-34-36-38-40-42-44-46-48-50-52-54-56-58-61-63-66-69-72-75-78-81-93(98)105-84-90(96)85-107-112(101,102)108-86-91(97)87-109-113(103,104)110-89-92(111-95(100)83-80-77-74-71-68-65-60-27-24-21-18-15-12-9-6-3)88-106-94(99)82-79-76-73-70-67-64-62-59-57-55-53-51-49-47-45-43-41-39-37-35-33-31-29-26-23-20-17-14-11-8-5-2/h16-17,19-20,25-29,32-35,38-41,60,90-92,96-97H,4-15,18,21-24,30-31,36-37,42-59,61-89H2,1-3H3,(H,101,102)(H,103,104)/b19-16-,20-17-,28-25-,29-26-,34-32-,35-33-,40-38-,41-39-,60-27-. The smallest absolute Gasteiger partial charge is 0.463 e. The molecule has 18 heteroatoms. The highest BCUT2D eigenvalue weighted by molar-refractivity contribution is 7.47. The Hall–Kier alpha value is -3.79. The van der Waals surface area contributed by atoms with E-state index in [0.717, 1.165) is 116 Å². The number of hydrogen-bond acceptors (Lipinski definition) is 14. The summed E-state index contributed by atoms with van der Waals surface area (Å²) in [6, 6.07) is 0. The van der Waals surface area contributed by atoms with Crippen LogP contribution in [0.15, 0.2) is 109 Å². The lowest BCUT2D eigenvalue weighted by molar-refractivity contribution is -0.161. The van der Waals surface area contributed by atoms with Gasteiger partial charge in [0.1, 0.15) is 25.4 Å². The quantitative estimate of drug-likeness (QED) is 0.0146. The van der Waals surface area contributed by atoms with Crippen LogP contribution in [0.1, 0.15) is 419 Å². The second-order valence-electron chi connectivity index (χ2n) is 31.1. The van der Waals surface area contributed by atoms with Crippen molar-refractivity contribution < 1.29 is 75.8 Å². The predicted octanol–water partition coefficient (Wildman–Crippen LogP) is 28.2. The summed E-state index contributed by atoms with van der Waals surface area (Å²) in [6.45, 7) is 2.68. The number of rotatable bonds is 88. The molecule has 0 aliphatic rings. The Morgan fingerprint density at radius 2 is 0.442 bits per heavy atom. The Bertz CT molecular complexity index is 2490. The van der Waals surface area contributed by atoms with E-state index in [1.165, 1.54) is 244 Å². The van der Waals surface area contributed by atoms with Crippen LogP contribution in [0.5, 0.6) is 0 Å². The minimum absolute atomic E-state index is 0.0967. The molecule has 113 heavy (non-hydrogen) atoms. The molecule has 0 spiro atoms. The van der Waals surface area contributed by atoms with E-state index in [0.29, 0.717) is 19.3 Å². The zero-order valence-electron chi connectivity index (χ0n) is 72.3. The van der Waals surface area contributed by atoms with Gasteiger partial charge in [-0.05, 0) is 135 Å². The molecule has 656 valence electrons. The normalized spacial score (nSPS) is 14.3. The lowest BCUT2D eigenvalue weighted by Gasteiger charge is -2.21. The van der Waals surface area contributed by atoms with Crippen molar-refractivity contribution in [3.8, 4) is 0 Å². The molecule has 0 aromatic heterocycles. The van der Waals surface area contributed by atoms with Crippen LogP contribution < -0.4 is 0 Å². The van der Waals surface area contributed by atoms with Crippen LogP contribution in [0.2, 0.25) is 0 Å². The Morgan fingerprint density at radius 3 is 0.726 bits per heavy atom. The Labute approximate surface area is 691 Å². The summed E-state index contributed by atoms with van der Waals surface area (Å²) in [7, 11) is -9.80. The van der Waals surface area contributed by atoms with E-state index in [2.05, 4.69) is 130 Å². The summed E-state index contributed by atoms with van der Waals surface area (Å²) >= 11 is 0. The highest BCUT2D eigenvalue weighted by atomic mass is 31.2. The fourth-order valence-corrected chi connectivity index (χ4v) is 14.5. The van der Waals surface area contributed by atoms with E-state index in [1.54, 1.807) is 0 Å². The number of hydrogen-bond donors (Lipinski definition) is 4. The second-order valence-corrected chi connectivity index (χ2v) is 34.0. The molecule has 4 N–H and O–H groups in total. The van der Waals surface area contributed by atoms with Crippen LogP contribution >= 0.6 is 15.6 Å². The van der Waals surface area contributed by atoms with Gasteiger partial charge in [0.15, 0.2) is 6.10 Å². The summed E-state index contributed by atoms with van der Waals surface area (Å²) in [4.78, 5) is 58.9. The molecule has 0 rings (SSSR count). The van der Waals surface area contributed by atoms with Gasteiger partial charge in [-0.25, -0.2) is 9.13 Å². The first kappa shape index (κ1) is 109. The van der Waals surface area contributed by atoms with Gasteiger partial charge in [-0.2, -0.15) is 0 Å². The maximum Gasteiger partial charge on any atom is 0.472 e. The maximum atomic E-state index is 13.0. The number of aliphatic hydroxyl groups excluding tert-OH is 2. The zero-order chi connectivity index (χ0) is 82.2. The fourth-order valence-electron chi connectivity index (χ4n) is 12.9. The number of allylic oxidation sites excluding steroid dienone is 18. The third-order valence-corrected chi connectivity index (χ3v) is 21.8. The first-order valence-electron chi connectivity index (χ1n) is 46.2. The van der Waals surface area contributed by atoms with Crippen molar-refractivity contribution in [1.82, 2.24) is 0 Å². The molecular weight excluding hydrogens is 1460 g/mol. The SMILES string of the molecule is CCCCC/C=C\C/C=C\C/C=C\C/C=C\CCCCCCCCCCCCCCCCCC(=O)OCC(O)COP(=O)(O)OCC(O)COP(=O)(O)OCC(COC(=O)CCCCCCCCCCCCCCCCC/C=C\C/C=C\C/C=C\C/C=C\CCCCC)OC(=O)CCCCCCC/C=C\CCCCCCCC. The number of esters is 3. The van der Waals surface area contributed by atoms with Crippen molar-refractivity contribution in [2.75, 3.05) is 39.6 Å². The van der Waals surface area contributed by atoms with Crippen molar-refractivity contribution in [3.05, 3.63) is 109 Å². The number of phosphoric ester groups is 2. The number of aliphatic hydroxyl groups is 2. The van der Waals surface area contributed by atoms with E-state index in [-0.39, 0.29) is 19.3 Å². The molecule has 0 fully saturated rings. The largest absolute Gasteiger partial charge is 0.472 e. The minimum Gasteiger partial charge on any atom is -0.463 e. The van der Waals surface area contributed by atoms with Crippen molar-refractivity contribution in [2.24, 2.45) is 0 Å². The summed E-state index contributed by atoms with van der Waals surface area (Å²) in [5.74, 6) is -1.56. The van der Waals surface area contributed by atoms with E-state index >= 15 is 0 Å². The van der Waals surface area contributed by atoms with Crippen molar-refractivity contribution in [1.29, 1.82) is 0 Å². The van der Waals surface area contributed by atoms with E-state index in [4.69, 9.17) is 32.3 Å². The third-order valence-electron chi connectivity index (χ3n) is 19.9. The fraction of sp³-hybridized carbons (Fsp3) is 0.779. The summed E-state index contributed by atoms with van der Waals surface area (Å²) < 4.78 is 61.4. The predicted molar refractivity (Wildman–Crippen MR) is 473 cm³/mol. The van der Waals surface area contributed by atoms with Gasteiger partial charge in [0.05, 0.1) is 26.4 Å². The highest BCUT2D eigenvalue weighted by Crippen LogP contribution is 2.45. The third kappa shape index (κ3) is 88.9. The molecule has 0 saturated carbocycles. The molecule has 0 aromatic rings. The Morgan fingerprint density at radius 1 is 0.248 bits per heavy atom. The van der Waals surface area contributed by atoms with E-state index in [9.17, 15) is 43.5 Å². The first-order chi connectivity index (χ1) is 55.2. The van der Waals surface area contributed by atoms with Crippen LogP contribution in [-0.2, 0) is 55.8 Å². The first-order valence-corrected chi connectivity index (χ1v) is 49.2. The Balaban J connectivity index is 4.46. The van der Waals surface area contributed by atoms with Gasteiger partial charge in [0, 0.05) is 19.3 Å². The molecule has 0 amide bonds. The number of phosphoric acid groups is 2. The zero-order valence-corrected chi connectivity index (χ0v) is 74.1. The van der Waals surface area contributed by atoms with Crippen LogP contribution in [0, 0.1) is 0 Å². The minimum atomic E-state index is -4.94. The molecule has 0 aromatic carbocycles. The monoisotopic (exact) mass is 1630 g/mol. The summed E-state index contributed by atoms with van der Waals surface area (Å²) in [5, 5.41) is 20.7. The molecule has 16 nitrogen and oxygen atoms in total. The molecule has 0 heterocycles. The number of carbonyl (C=O) groups excluding carboxylic acids is 3. The molecule has 0 radical (unpaired) electrons. The van der Waals surface area contributed by atoms with Gasteiger partial charge < -0.3 is 34.2 Å². The lowest BCUT2D eigenvalue weighted by Crippen LogP contribution is -2.30. The van der Waals surface area contributed by atoms with Crippen LogP contribution in [0.3, 0.4) is 0 Å².